The molecule has 0 bridgehead atoms. The molecule has 2 N–H and O–H groups in total. The van der Waals surface area contributed by atoms with Crippen LogP contribution in [0.5, 0.6) is 5.75 Å². The largest absolute Gasteiger partial charge is 0.496 e. The van der Waals surface area contributed by atoms with Crippen molar-refractivity contribution < 1.29 is 9.53 Å². The standard InChI is InChI=1S/C24H23N5O2S/c1-14-10-15(2)12-18(11-14)27-24-29-28-23(32-24)19-6-5-7-20(31-4)22(19)17-8-9-25-21(13-17)26-16(3)30/h5-13H,1-4H3,(H,27,29)(H,25,26,30). The number of ether oxygens (including phenoxy) is 1. The predicted molar refractivity (Wildman–Crippen MR) is 129 cm³/mol. The summed E-state index contributed by atoms with van der Waals surface area (Å²) < 4.78 is 5.64. The Bertz CT molecular complexity index is 1260. The van der Waals surface area contributed by atoms with Crippen LogP contribution in [0.3, 0.4) is 0 Å². The highest BCUT2D eigenvalue weighted by atomic mass is 32.1. The lowest BCUT2D eigenvalue weighted by molar-refractivity contribution is -0.114. The first-order valence-corrected chi connectivity index (χ1v) is 10.8. The third-order valence-corrected chi connectivity index (χ3v) is 5.60. The molecule has 0 fully saturated rings. The molecular weight excluding hydrogens is 422 g/mol. The van der Waals surface area contributed by atoms with Crippen LogP contribution in [0.2, 0.25) is 0 Å². The Balaban J connectivity index is 1.73. The van der Waals surface area contributed by atoms with Gasteiger partial charge in [0, 0.05) is 29.9 Å². The summed E-state index contributed by atoms with van der Waals surface area (Å²) in [6.07, 6.45) is 1.66. The lowest BCUT2D eigenvalue weighted by Crippen LogP contribution is -2.07. The number of aromatic nitrogens is 3. The number of aryl methyl sites for hydroxylation is 2. The minimum Gasteiger partial charge on any atom is -0.496 e. The first-order chi connectivity index (χ1) is 15.4. The molecule has 2 aromatic carbocycles. The van der Waals surface area contributed by atoms with Crippen molar-refractivity contribution in [1.82, 2.24) is 15.2 Å². The summed E-state index contributed by atoms with van der Waals surface area (Å²) in [6.45, 7) is 5.58. The highest BCUT2D eigenvalue weighted by Crippen LogP contribution is 2.41. The van der Waals surface area contributed by atoms with Gasteiger partial charge in [0.1, 0.15) is 16.6 Å². The average molecular weight is 446 g/mol. The number of hydrogen-bond donors (Lipinski definition) is 2. The Hall–Kier alpha value is -3.78. The van der Waals surface area contributed by atoms with Gasteiger partial charge in [0.25, 0.3) is 0 Å². The molecule has 0 radical (unpaired) electrons. The maximum Gasteiger partial charge on any atom is 0.222 e. The topological polar surface area (TPSA) is 89.0 Å². The molecule has 4 rings (SSSR count). The Morgan fingerprint density at radius 3 is 2.53 bits per heavy atom. The Morgan fingerprint density at radius 1 is 1.03 bits per heavy atom. The second-order valence-corrected chi connectivity index (χ2v) is 8.39. The molecule has 0 unspecified atom stereocenters. The van der Waals surface area contributed by atoms with E-state index in [2.05, 4.69) is 57.9 Å². The minimum absolute atomic E-state index is 0.180. The van der Waals surface area contributed by atoms with Gasteiger partial charge < -0.3 is 15.4 Å². The zero-order valence-electron chi connectivity index (χ0n) is 18.3. The van der Waals surface area contributed by atoms with Gasteiger partial charge in [-0.15, -0.1) is 10.2 Å². The fourth-order valence-electron chi connectivity index (χ4n) is 3.56. The fourth-order valence-corrected chi connectivity index (χ4v) is 4.36. The van der Waals surface area contributed by atoms with Crippen molar-refractivity contribution in [3.05, 3.63) is 65.9 Å². The van der Waals surface area contributed by atoms with Crippen LogP contribution in [0.15, 0.2) is 54.7 Å². The number of benzene rings is 2. The molecule has 0 aliphatic rings. The second-order valence-electron chi connectivity index (χ2n) is 7.41. The smallest absolute Gasteiger partial charge is 0.222 e. The highest BCUT2D eigenvalue weighted by Gasteiger charge is 2.17. The van der Waals surface area contributed by atoms with Gasteiger partial charge >= 0.3 is 0 Å². The first-order valence-electron chi connectivity index (χ1n) is 10.0. The second kappa shape index (κ2) is 9.15. The van der Waals surface area contributed by atoms with E-state index in [-0.39, 0.29) is 5.91 Å². The third kappa shape index (κ3) is 4.76. The molecule has 32 heavy (non-hydrogen) atoms. The number of anilines is 3. The number of rotatable bonds is 6. The van der Waals surface area contributed by atoms with Gasteiger partial charge in [0.05, 0.1) is 7.11 Å². The maximum absolute atomic E-state index is 11.5. The van der Waals surface area contributed by atoms with Gasteiger partial charge in [-0.2, -0.15) is 0 Å². The van der Waals surface area contributed by atoms with Gasteiger partial charge in [0.2, 0.25) is 11.0 Å². The third-order valence-electron chi connectivity index (χ3n) is 4.73. The Morgan fingerprint density at radius 2 is 1.81 bits per heavy atom. The zero-order chi connectivity index (χ0) is 22.7. The molecule has 8 heteroatoms. The van der Waals surface area contributed by atoms with Crippen molar-refractivity contribution >= 4 is 33.9 Å². The molecule has 0 spiro atoms. The molecule has 0 saturated heterocycles. The number of amides is 1. The summed E-state index contributed by atoms with van der Waals surface area (Å²) in [5.74, 6) is 0.990. The van der Waals surface area contributed by atoms with E-state index in [1.54, 1.807) is 13.3 Å². The monoisotopic (exact) mass is 445 g/mol. The number of nitrogens with one attached hydrogen (secondary N) is 2. The van der Waals surface area contributed by atoms with Crippen LogP contribution < -0.4 is 15.4 Å². The molecule has 2 aromatic heterocycles. The van der Waals surface area contributed by atoms with Crippen molar-refractivity contribution in [2.45, 2.75) is 20.8 Å². The molecule has 2 heterocycles. The number of hydrogen-bond acceptors (Lipinski definition) is 7. The van der Waals surface area contributed by atoms with Crippen molar-refractivity contribution in [2.24, 2.45) is 0 Å². The highest BCUT2D eigenvalue weighted by molar-refractivity contribution is 7.18. The van der Waals surface area contributed by atoms with Crippen molar-refractivity contribution in [3.8, 4) is 27.4 Å². The van der Waals surface area contributed by atoms with Crippen molar-refractivity contribution in [2.75, 3.05) is 17.7 Å². The minimum atomic E-state index is -0.180. The molecule has 162 valence electrons. The maximum atomic E-state index is 11.5. The van der Waals surface area contributed by atoms with Crippen LogP contribution in [-0.2, 0) is 4.79 Å². The normalized spacial score (nSPS) is 10.6. The van der Waals surface area contributed by atoms with E-state index in [4.69, 9.17) is 4.74 Å². The van der Waals surface area contributed by atoms with E-state index in [9.17, 15) is 4.79 Å². The van der Waals surface area contributed by atoms with E-state index in [0.717, 1.165) is 27.4 Å². The molecule has 7 nitrogen and oxygen atoms in total. The summed E-state index contributed by atoms with van der Waals surface area (Å²) in [5.41, 5.74) is 5.94. The Labute approximate surface area is 190 Å². The van der Waals surface area contributed by atoms with Gasteiger partial charge in [-0.05, 0) is 60.9 Å². The molecule has 1 amide bonds. The zero-order valence-corrected chi connectivity index (χ0v) is 19.1. The summed E-state index contributed by atoms with van der Waals surface area (Å²) in [7, 11) is 1.63. The van der Waals surface area contributed by atoms with Crippen molar-refractivity contribution in [1.29, 1.82) is 0 Å². The van der Waals surface area contributed by atoms with Crippen molar-refractivity contribution in [3.63, 3.8) is 0 Å². The average Bonchev–Trinajstić information content (AvgIpc) is 3.20. The Kier molecular flexibility index (Phi) is 6.13. The lowest BCUT2D eigenvalue weighted by atomic mass is 9.99. The molecule has 0 atom stereocenters. The van der Waals surface area contributed by atoms with Gasteiger partial charge in [-0.3, -0.25) is 4.79 Å². The molecular formula is C24H23N5O2S. The number of methoxy groups -OCH3 is 1. The van der Waals surface area contributed by atoms with Gasteiger partial charge in [-0.1, -0.05) is 29.5 Å². The van der Waals surface area contributed by atoms with Crippen LogP contribution in [0.25, 0.3) is 21.7 Å². The van der Waals surface area contributed by atoms with Crippen LogP contribution >= 0.6 is 11.3 Å². The van der Waals surface area contributed by atoms with E-state index < -0.39 is 0 Å². The summed E-state index contributed by atoms with van der Waals surface area (Å²) in [5, 5.41) is 16.3. The van der Waals surface area contributed by atoms with E-state index >= 15 is 0 Å². The number of carbonyl (C=O) groups excluding carboxylic acids is 1. The number of pyridine rings is 1. The quantitative estimate of drug-likeness (QED) is 0.402. The number of carbonyl (C=O) groups is 1. The molecule has 0 aliphatic carbocycles. The summed E-state index contributed by atoms with van der Waals surface area (Å²) >= 11 is 1.46. The number of nitrogens with zero attached hydrogens (tertiary/aromatic N) is 3. The molecule has 0 saturated carbocycles. The SMILES string of the molecule is COc1cccc(-c2nnc(Nc3cc(C)cc(C)c3)s2)c1-c1ccnc(NC(C)=O)c1. The molecule has 0 aliphatic heterocycles. The van der Waals surface area contributed by atoms with Crippen LogP contribution in [-0.4, -0.2) is 28.2 Å². The summed E-state index contributed by atoms with van der Waals surface area (Å²) in [6, 6.07) is 15.8. The van der Waals surface area contributed by atoms with E-state index in [1.807, 2.05) is 30.3 Å². The first kappa shape index (κ1) is 21.5. The van der Waals surface area contributed by atoms with Crippen LogP contribution in [0.1, 0.15) is 18.1 Å². The van der Waals surface area contributed by atoms with E-state index in [0.29, 0.717) is 16.7 Å². The van der Waals surface area contributed by atoms with Gasteiger partial charge in [-0.25, -0.2) is 4.98 Å². The lowest BCUT2D eigenvalue weighted by Gasteiger charge is -2.13. The van der Waals surface area contributed by atoms with Crippen LogP contribution in [0, 0.1) is 13.8 Å². The predicted octanol–water partition coefficient (Wildman–Crippen LogP) is 5.59. The summed E-state index contributed by atoms with van der Waals surface area (Å²) in [4.78, 5) is 15.7. The fraction of sp³-hybridized carbons (Fsp3) is 0.167. The van der Waals surface area contributed by atoms with Gasteiger partial charge in [0.15, 0.2) is 0 Å². The van der Waals surface area contributed by atoms with E-state index in [1.165, 1.54) is 29.4 Å². The molecule has 4 aromatic rings. The van der Waals surface area contributed by atoms with Crippen LogP contribution in [0.4, 0.5) is 16.6 Å².